The first-order valence-corrected chi connectivity index (χ1v) is 6.25. The minimum absolute atomic E-state index is 0.0354. The summed E-state index contributed by atoms with van der Waals surface area (Å²) in [5, 5.41) is 0.276. The molecule has 2 heterocycles. The van der Waals surface area contributed by atoms with E-state index in [-0.39, 0.29) is 11.1 Å². The number of rotatable bonds is 1. The van der Waals surface area contributed by atoms with Crippen molar-refractivity contribution >= 4 is 23.3 Å². The second-order valence-electron chi connectivity index (χ2n) is 4.89. The monoisotopic (exact) mass is 251 g/mol. The highest BCUT2D eigenvalue weighted by molar-refractivity contribution is 6.29. The Morgan fingerprint density at radius 2 is 2.29 bits per heavy atom. The predicted molar refractivity (Wildman–Crippen MR) is 65.8 cm³/mol. The predicted octanol–water partition coefficient (Wildman–Crippen LogP) is 1.94. The zero-order chi connectivity index (χ0) is 12.0. The summed E-state index contributed by atoms with van der Waals surface area (Å²) in [6.07, 6.45) is 3.54. The number of fused-ring (bicyclic) bond motifs is 2. The lowest BCUT2D eigenvalue weighted by molar-refractivity contribution is 0.0703. The lowest BCUT2D eigenvalue weighted by Crippen LogP contribution is -2.37. The second-order valence-corrected chi connectivity index (χ2v) is 5.28. The molecule has 1 saturated heterocycles. The Kier molecular flexibility index (Phi) is 2.47. The van der Waals surface area contributed by atoms with Crippen LogP contribution in [0.2, 0.25) is 5.15 Å². The van der Waals surface area contributed by atoms with E-state index < -0.39 is 0 Å². The Balaban J connectivity index is 1.86. The van der Waals surface area contributed by atoms with E-state index in [1.165, 1.54) is 6.42 Å². The molecule has 1 aliphatic heterocycles. The maximum atomic E-state index is 12.3. The Morgan fingerprint density at radius 1 is 1.47 bits per heavy atom. The van der Waals surface area contributed by atoms with Crippen LogP contribution in [0.5, 0.6) is 0 Å². The lowest BCUT2D eigenvalue weighted by Gasteiger charge is -2.27. The van der Waals surface area contributed by atoms with Crippen LogP contribution in [0.3, 0.4) is 0 Å². The maximum Gasteiger partial charge on any atom is 0.254 e. The van der Waals surface area contributed by atoms with E-state index in [1.807, 2.05) is 4.90 Å². The Labute approximate surface area is 105 Å². The zero-order valence-electron chi connectivity index (χ0n) is 9.40. The number of pyridine rings is 1. The first-order valence-electron chi connectivity index (χ1n) is 5.87. The van der Waals surface area contributed by atoms with Crippen molar-refractivity contribution in [2.24, 2.45) is 5.92 Å². The summed E-state index contributed by atoms with van der Waals surface area (Å²) in [6.45, 7) is 0.878. The summed E-state index contributed by atoms with van der Waals surface area (Å²) < 4.78 is 0. The number of hydrogen-bond donors (Lipinski definition) is 1. The molecule has 1 saturated carbocycles. The van der Waals surface area contributed by atoms with Crippen LogP contribution >= 0.6 is 11.6 Å². The zero-order valence-corrected chi connectivity index (χ0v) is 10.2. The molecule has 2 fully saturated rings. The third-order valence-electron chi connectivity index (χ3n) is 3.73. The number of aromatic nitrogens is 1. The van der Waals surface area contributed by atoms with Crippen molar-refractivity contribution in [2.45, 2.75) is 25.3 Å². The van der Waals surface area contributed by atoms with Gasteiger partial charge in [0, 0.05) is 18.2 Å². The normalized spacial score (nSPS) is 26.5. The summed E-state index contributed by atoms with van der Waals surface area (Å²) in [6, 6.07) is 3.60. The summed E-state index contributed by atoms with van der Waals surface area (Å²) in [5.41, 5.74) is 6.16. The molecule has 17 heavy (non-hydrogen) atoms. The van der Waals surface area contributed by atoms with E-state index in [1.54, 1.807) is 12.1 Å². The maximum absolute atomic E-state index is 12.3. The summed E-state index contributed by atoms with van der Waals surface area (Å²) >= 11 is 5.82. The number of anilines is 1. The van der Waals surface area contributed by atoms with E-state index in [4.69, 9.17) is 17.3 Å². The van der Waals surface area contributed by atoms with Crippen molar-refractivity contribution in [1.29, 1.82) is 0 Å². The smallest absolute Gasteiger partial charge is 0.254 e. The van der Waals surface area contributed by atoms with Crippen molar-refractivity contribution in [2.75, 3.05) is 12.3 Å². The highest BCUT2D eigenvalue weighted by atomic mass is 35.5. The Morgan fingerprint density at radius 3 is 2.88 bits per heavy atom. The van der Waals surface area contributed by atoms with Gasteiger partial charge in [0.25, 0.3) is 5.91 Å². The number of piperidine rings is 1. The van der Waals surface area contributed by atoms with Gasteiger partial charge in [0.05, 0.1) is 0 Å². The molecule has 3 rings (SSSR count). The third-order valence-corrected chi connectivity index (χ3v) is 3.92. The van der Waals surface area contributed by atoms with Gasteiger partial charge in [0.15, 0.2) is 0 Å². The fourth-order valence-corrected chi connectivity index (χ4v) is 3.20. The molecule has 2 N–H and O–H groups in total. The molecule has 90 valence electrons. The van der Waals surface area contributed by atoms with Gasteiger partial charge in [-0.25, -0.2) is 4.98 Å². The van der Waals surface area contributed by atoms with Gasteiger partial charge < -0.3 is 10.6 Å². The van der Waals surface area contributed by atoms with Gasteiger partial charge in [-0.1, -0.05) is 11.6 Å². The quantitative estimate of drug-likeness (QED) is 0.776. The number of nitrogens with zero attached hydrogens (tertiary/aromatic N) is 2. The van der Waals surface area contributed by atoms with Gasteiger partial charge in [0.1, 0.15) is 11.0 Å². The van der Waals surface area contributed by atoms with Crippen molar-refractivity contribution < 1.29 is 4.79 Å². The van der Waals surface area contributed by atoms with Crippen LogP contribution in [0.25, 0.3) is 0 Å². The minimum atomic E-state index is 0.0354. The van der Waals surface area contributed by atoms with Crippen LogP contribution < -0.4 is 5.73 Å². The summed E-state index contributed by atoms with van der Waals surface area (Å²) in [7, 11) is 0. The van der Waals surface area contributed by atoms with Gasteiger partial charge in [-0.15, -0.1) is 0 Å². The van der Waals surface area contributed by atoms with Crippen LogP contribution in [0.1, 0.15) is 29.6 Å². The van der Waals surface area contributed by atoms with Crippen LogP contribution in [-0.4, -0.2) is 28.4 Å². The molecule has 1 aromatic rings. The Hall–Kier alpha value is -1.29. The molecular formula is C12H14ClN3O. The molecule has 2 bridgehead atoms. The molecule has 1 aliphatic carbocycles. The molecular weight excluding hydrogens is 238 g/mol. The minimum Gasteiger partial charge on any atom is -0.384 e. The first-order chi connectivity index (χ1) is 8.13. The number of halogens is 1. The van der Waals surface area contributed by atoms with E-state index in [0.717, 1.165) is 19.4 Å². The van der Waals surface area contributed by atoms with E-state index in [0.29, 0.717) is 23.3 Å². The molecule has 0 spiro atoms. The average Bonchev–Trinajstić information content (AvgIpc) is 2.88. The molecule has 2 unspecified atom stereocenters. The van der Waals surface area contributed by atoms with Gasteiger partial charge >= 0.3 is 0 Å². The first kappa shape index (κ1) is 10.8. The van der Waals surface area contributed by atoms with Crippen molar-refractivity contribution in [3.8, 4) is 0 Å². The third kappa shape index (κ3) is 1.86. The molecule has 2 aliphatic rings. The highest BCUT2D eigenvalue weighted by Gasteiger charge is 2.40. The standard InChI is InChI=1S/C12H14ClN3O/c13-10-4-8(5-11(14)15-10)12(17)16-6-7-1-2-9(16)3-7/h4-5,7,9H,1-3,6H2,(H2,14,15). The molecule has 1 amide bonds. The van der Waals surface area contributed by atoms with Crippen LogP contribution in [0, 0.1) is 5.92 Å². The topological polar surface area (TPSA) is 59.2 Å². The van der Waals surface area contributed by atoms with Crippen LogP contribution in [-0.2, 0) is 0 Å². The van der Waals surface area contributed by atoms with Crippen LogP contribution in [0.15, 0.2) is 12.1 Å². The Bertz CT molecular complexity index is 457. The molecule has 5 heteroatoms. The average molecular weight is 252 g/mol. The van der Waals surface area contributed by atoms with Gasteiger partial charge in [-0.05, 0) is 37.3 Å². The van der Waals surface area contributed by atoms with Gasteiger partial charge in [0.2, 0.25) is 0 Å². The number of nitrogens with two attached hydrogens (primary N) is 1. The number of likely N-dealkylation sites (tertiary alicyclic amines) is 1. The highest BCUT2D eigenvalue weighted by Crippen LogP contribution is 2.38. The van der Waals surface area contributed by atoms with Crippen molar-refractivity contribution in [3.63, 3.8) is 0 Å². The molecule has 0 aromatic carbocycles. The second kappa shape index (κ2) is 3.88. The van der Waals surface area contributed by atoms with Crippen LogP contribution in [0.4, 0.5) is 5.82 Å². The van der Waals surface area contributed by atoms with E-state index in [2.05, 4.69) is 4.98 Å². The molecule has 4 nitrogen and oxygen atoms in total. The fraction of sp³-hybridized carbons (Fsp3) is 0.500. The number of carbonyl (C=O) groups is 1. The number of nitrogen functional groups attached to an aromatic ring is 1. The number of carbonyl (C=O) groups excluding carboxylic acids is 1. The molecule has 1 aromatic heterocycles. The molecule has 0 radical (unpaired) electrons. The molecule has 2 atom stereocenters. The largest absolute Gasteiger partial charge is 0.384 e. The lowest BCUT2D eigenvalue weighted by atomic mass is 10.1. The SMILES string of the molecule is Nc1cc(C(=O)N2CC3CCC2C3)cc(Cl)n1. The van der Waals surface area contributed by atoms with Gasteiger partial charge in [-0.2, -0.15) is 0 Å². The van der Waals surface area contributed by atoms with Crippen molar-refractivity contribution in [3.05, 3.63) is 22.8 Å². The summed E-state index contributed by atoms with van der Waals surface area (Å²) in [5.74, 6) is 1.03. The fourth-order valence-electron chi connectivity index (χ4n) is 2.98. The van der Waals surface area contributed by atoms with E-state index in [9.17, 15) is 4.79 Å². The summed E-state index contributed by atoms with van der Waals surface area (Å²) in [4.78, 5) is 18.1. The van der Waals surface area contributed by atoms with Crippen molar-refractivity contribution in [1.82, 2.24) is 9.88 Å². The number of hydrogen-bond acceptors (Lipinski definition) is 3. The van der Waals surface area contributed by atoms with Gasteiger partial charge in [-0.3, -0.25) is 4.79 Å². The van der Waals surface area contributed by atoms with E-state index >= 15 is 0 Å². The number of amides is 1.